The predicted octanol–water partition coefficient (Wildman–Crippen LogP) is 5.61. The van der Waals surface area contributed by atoms with Crippen molar-refractivity contribution in [2.45, 2.75) is 26.5 Å². The van der Waals surface area contributed by atoms with Gasteiger partial charge in [0.25, 0.3) is 5.91 Å². The number of hydrogen-bond acceptors (Lipinski definition) is 8. The van der Waals surface area contributed by atoms with Crippen LogP contribution in [-0.2, 0) is 11.4 Å². The van der Waals surface area contributed by atoms with Crippen molar-refractivity contribution in [3.05, 3.63) is 112 Å². The van der Waals surface area contributed by atoms with Crippen molar-refractivity contribution < 1.29 is 28.6 Å². The van der Waals surface area contributed by atoms with E-state index in [9.17, 15) is 19.5 Å². The average Bonchev–Trinajstić information content (AvgIpc) is 3.62. The molecule has 1 unspecified atom stereocenters. The minimum absolute atomic E-state index is 0.0163. The van der Waals surface area contributed by atoms with Gasteiger partial charge in [0.15, 0.2) is 22.4 Å². The Morgan fingerprint density at radius 1 is 1.11 bits per heavy atom. The first-order chi connectivity index (χ1) is 17.8. The Balaban J connectivity index is 1.58. The van der Waals surface area contributed by atoms with Gasteiger partial charge in [-0.15, -0.1) is 0 Å². The van der Waals surface area contributed by atoms with E-state index in [1.165, 1.54) is 24.2 Å². The number of furan rings is 1. The number of carbonyl (C=O) groups is 3. The number of aliphatic hydroxyl groups is 1. The van der Waals surface area contributed by atoms with Gasteiger partial charge < -0.3 is 14.3 Å². The molecule has 1 N–H and O–H groups in total. The van der Waals surface area contributed by atoms with Crippen molar-refractivity contribution in [3.63, 3.8) is 0 Å². The molecule has 186 valence electrons. The number of anilines is 1. The molecule has 2 aromatic heterocycles. The highest BCUT2D eigenvalue weighted by molar-refractivity contribution is 7.17. The first-order valence-corrected chi connectivity index (χ1v) is 12.3. The summed E-state index contributed by atoms with van der Waals surface area (Å²) in [7, 11) is 0. The minimum atomic E-state index is -1.02. The summed E-state index contributed by atoms with van der Waals surface area (Å²) in [5.41, 5.74) is 1.82. The number of nitrogens with zero attached hydrogens (tertiary/aromatic N) is 2. The fraction of sp³-hybridized carbons (Fsp3) is 0.143. The topological polar surface area (TPSA) is 110 Å². The van der Waals surface area contributed by atoms with Crippen LogP contribution in [-0.4, -0.2) is 27.6 Å². The van der Waals surface area contributed by atoms with Crippen LogP contribution in [0.5, 0.6) is 5.75 Å². The van der Waals surface area contributed by atoms with Crippen LogP contribution in [0.1, 0.15) is 50.0 Å². The molecule has 5 rings (SSSR count). The second kappa shape index (κ2) is 9.87. The summed E-state index contributed by atoms with van der Waals surface area (Å²) in [5, 5.41) is 11.1. The van der Waals surface area contributed by atoms with Crippen molar-refractivity contribution in [2.75, 3.05) is 4.90 Å². The number of hydrogen-bond donors (Lipinski definition) is 1. The van der Waals surface area contributed by atoms with Crippen LogP contribution in [0.25, 0.3) is 0 Å². The van der Waals surface area contributed by atoms with Gasteiger partial charge in [-0.05, 0) is 42.3 Å². The van der Waals surface area contributed by atoms with E-state index in [1.807, 2.05) is 30.3 Å². The number of rotatable bonds is 8. The summed E-state index contributed by atoms with van der Waals surface area (Å²) in [4.78, 5) is 44.9. The Labute approximate surface area is 216 Å². The molecular formula is C28H22N2O6S. The van der Waals surface area contributed by atoms with Crippen molar-refractivity contribution in [3.8, 4) is 5.75 Å². The summed E-state index contributed by atoms with van der Waals surface area (Å²) in [6.45, 7) is 3.42. The summed E-state index contributed by atoms with van der Waals surface area (Å²) < 4.78 is 11.2. The van der Waals surface area contributed by atoms with Gasteiger partial charge in [-0.25, -0.2) is 4.98 Å². The van der Waals surface area contributed by atoms with E-state index < -0.39 is 23.5 Å². The molecule has 1 atom stereocenters. The lowest BCUT2D eigenvalue weighted by molar-refractivity contribution is -0.117. The Kier molecular flexibility index (Phi) is 6.45. The summed E-state index contributed by atoms with van der Waals surface area (Å²) in [6.07, 6.45) is 1.34. The van der Waals surface area contributed by atoms with Gasteiger partial charge in [0.1, 0.15) is 12.4 Å². The van der Waals surface area contributed by atoms with E-state index in [0.717, 1.165) is 16.9 Å². The molecular weight excluding hydrogens is 492 g/mol. The second-order valence-corrected chi connectivity index (χ2v) is 9.44. The first-order valence-electron chi connectivity index (χ1n) is 11.4. The van der Waals surface area contributed by atoms with E-state index in [1.54, 1.807) is 37.3 Å². The molecule has 8 nitrogen and oxygen atoms in total. The molecule has 0 spiro atoms. The smallest absolute Gasteiger partial charge is 0.296 e. The molecule has 37 heavy (non-hydrogen) atoms. The van der Waals surface area contributed by atoms with Crippen molar-refractivity contribution in [1.82, 2.24) is 4.98 Å². The molecule has 1 amide bonds. The maximum Gasteiger partial charge on any atom is 0.296 e. The number of aliphatic hydroxyl groups excluding tert-OH is 1. The van der Waals surface area contributed by atoms with Gasteiger partial charge in [-0.3, -0.25) is 19.3 Å². The molecule has 0 fully saturated rings. The monoisotopic (exact) mass is 514 g/mol. The third-order valence-electron chi connectivity index (χ3n) is 5.93. The molecule has 0 aliphatic carbocycles. The normalized spacial score (nSPS) is 15.4. The van der Waals surface area contributed by atoms with Crippen molar-refractivity contribution >= 4 is 33.9 Å². The molecule has 9 heteroatoms. The third-order valence-corrected chi connectivity index (χ3v) is 7.19. The standard InChI is InChI=1S/C28H22N2O6S/c1-16-26(17(2)31)37-28(29-16)30-23(22(25(33)27(30)34)24(32)21-12-7-13-35-21)19-10-6-11-20(14-19)36-15-18-8-4-3-5-9-18/h3-14,23,33H,15H2,1-2H3. The number of ketones is 2. The van der Waals surface area contributed by atoms with Crippen LogP contribution in [0.2, 0.25) is 0 Å². The lowest BCUT2D eigenvalue weighted by Crippen LogP contribution is -2.31. The van der Waals surface area contributed by atoms with E-state index >= 15 is 0 Å². The van der Waals surface area contributed by atoms with Gasteiger partial charge in [-0.2, -0.15) is 0 Å². The molecule has 1 aliphatic rings. The first kappa shape index (κ1) is 24.2. The van der Waals surface area contributed by atoms with Gasteiger partial charge in [0, 0.05) is 6.92 Å². The zero-order valence-electron chi connectivity index (χ0n) is 20.0. The second-order valence-electron chi connectivity index (χ2n) is 8.46. The van der Waals surface area contributed by atoms with E-state index in [2.05, 4.69) is 4.98 Å². The Hall–Kier alpha value is -4.50. The molecule has 0 bridgehead atoms. The number of ether oxygens (including phenoxy) is 1. The highest BCUT2D eigenvalue weighted by atomic mass is 32.1. The molecule has 4 aromatic rings. The largest absolute Gasteiger partial charge is 0.503 e. The van der Waals surface area contributed by atoms with Gasteiger partial charge >= 0.3 is 0 Å². The van der Waals surface area contributed by atoms with Crippen LogP contribution in [0.3, 0.4) is 0 Å². The summed E-state index contributed by atoms with van der Waals surface area (Å²) in [6, 6.07) is 18.6. The fourth-order valence-electron chi connectivity index (χ4n) is 4.22. The number of thiazole rings is 1. The van der Waals surface area contributed by atoms with Crippen LogP contribution in [0.15, 0.2) is 88.7 Å². The highest BCUT2D eigenvalue weighted by Gasteiger charge is 2.46. The molecule has 2 aromatic carbocycles. The predicted molar refractivity (Wildman–Crippen MR) is 137 cm³/mol. The number of benzene rings is 2. The average molecular weight is 515 g/mol. The van der Waals surface area contributed by atoms with Crippen LogP contribution >= 0.6 is 11.3 Å². The third kappa shape index (κ3) is 4.56. The lowest BCUT2D eigenvalue weighted by Gasteiger charge is -2.24. The van der Waals surface area contributed by atoms with Crippen LogP contribution in [0, 0.1) is 6.92 Å². The number of aromatic nitrogens is 1. The molecule has 3 heterocycles. The fourth-order valence-corrected chi connectivity index (χ4v) is 5.21. The van der Waals surface area contributed by atoms with E-state index in [0.29, 0.717) is 28.5 Å². The maximum absolute atomic E-state index is 13.4. The lowest BCUT2D eigenvalue weighted by atomic mass is 9.95. The zero-order chi connectivity index (χ0) is 26.1. The molecule has 0 saturated carbocycles. The van der Waals surface area contributed by atoms with Gasteiger partial charge in [0.2, 0.25) is 5.78 Å². The van der Waals surface area contributed by atoms with Gasteiger partial charge in [-0.1, -0.05) is 53.8 Å². The maximum atomic E-state index is 13.4. The highest BCUT2D eigenvalue weighted by Crippen LogP contribution is 2.44. The van der Waals surface area contributed by atoms with Crippen LogP contribution < -0.4 is 9.64 Å². The van der Waals surface area contributed by atoms with Crippen molar-refractivity contribution in [1.29, 1.82) is 0 Å². The molecule has 0 radical (unpaired) electrons. The summed E-state index contributed by atoms with van der Waals surface area (Å²) in [5.74, 6) is -1.80. The van der Waals surface area contributed by atoms with Crippen molar-refractivity contribution in [2.24, 2.45) is 0 Å². The SMILES string of the molecule is CC(=O)c1sc(N2C(=O)C(O)=C(C(=O)c3ccco3)C2c2cccc(OCc3ccccc3)c2)nc1C. The number of amides is 1. The number of Topliss-reactive ketones (excluding diaryl/α,β-unsaturated/α-hetero) is 2. The Morgan fingerprint density at radius 2 is 1.89 bits per heavy atom. The van der Waals surface area contributed by atoms with Gasteiger partial charge in [0.05, 0.1) is 28.4 Å². The number of aryl methyl sites for hydroxylation is 1. The summed E-state index contributed by atoms with van der Waals surface area (Å²) >= 11 is 1.03. The number of carbonyl (C=O) groups excluding carboxylic acids is 3. The Bertz CT molecular complexity index is 1520. The quantitative estimate of drug-likeness (QED) is 0.304. The van der Waals surface area contributed by atoms with Crippen LogP contribution in [0.4, 0.5) is 5.13 Å². The van der Waals surface area contributed by atoms with E-state index in [4.69, 9.17) is 9.15 Å². The molecule has 1 aliphatic heterocycles. The molecule has 0 saturated heterocycles. The Morgan fingerprint density at radius 3 is 2.57 bits per heavy atom. The minimum Gasteiger partial charge on any atom is -0.503 e. The zero-order valence-corrected chi connectivity index (χ0v) is 20.8. The van der Waals surface area contributed by atoms with E-state index in [-0.39, 0.29) is 22.2 Å².